The van der Waals surface area contributed by atoms with Crippen molar-refractivity contribution < 1.29 is 23.8 Å². The normalized spacial score (nSPS) is 23.5. The largest absolute Gasteiger partial charge is 0.458 e. The molecule has 2 unspecified atom stereocenters. The van der Waals surface area contributed by atoms with E-state index in [1.54, 1.807) is 16.6 Å². The van der Waals surface area contributed by atoms with Crippen molar-refractivity contribution in [1.29, 1.82) is 0 Å². The van der Waals surface area contributed by atoms with Crippen LogP contribution in [-0.4, -0.2) is 42.0 Å². The van der Waals surface area contributed by atoms with Crippen LogP contribution >= 0.6 is 0 Å². The van der Waals surface area contributed by atoms with Gasteiger partial charge in [0.2, 0.25) is 0 Å². The van der Waals surface area contributed by atoms with Crippen LogP contribution in [0.2, 0.25) is 0 Å². The number of benzene rings is 1. The number of esters is 1. The molecule has 0 spiro atoms. The van der Waals surface area contributed by atoms with Crippen LogP contribution in [-0.2, 0) is 27.2 Å². The minimum Gasteiger partial charge on any atom is -0.458 e. The maximum atomic E-state index is 14.5. The van der Waals surface area contributed by atoms with E-state index in [0.717, 1.165) is 42.6 Å². The lowest BCUT2D eigenvalue weighted by molar-refractivity contribution is -0.185. The summed E-state index contributed by atoms with van der Waals surface area (Å²) >= 11 is 0. The van der Waals surface area contributed by atoms with Gasteiger partial charge < -0.3 is 9.84 Å². The second kappa shape index (κ2) is 9.93. The van der Waals surface area contributed by atoms with E-state index in [4.69, 9.17) is 4.74 Å². The first kappa shape index (κ1) is 25.4. The van der Waals surface area contributed by atoms with Crippen LogP contribution in [0, 0.1) is 31.5 Å². The van der Waals surface area contributed by atoms with Crippen LogP contribution in [0.3, 0.4) is 0 Å². The number of halogens is 1. The predicted octanol–water partition coefficient (Wildman–Crippen LogP) is 4.17. The summed E-state index contributed by atoms with van der Waals surface area (Å²) in [4.78, 5) is 35.6. The highest BCUT2D eigenvalue weighted by Gasteiger charge is 2.51. The van der Waals surface area contributed by atoms with Crippen molar-refractivity contribution in [3.8, 4) is 0 Å². The van der Waals surface area contributed by atoms with Gasteiger partial charge in [0.25, 0.3) is 5.78 Å². The molecule has 3 atom stereocenters. The summed E-state index contributed by atoms with van der Waals surface area (Å²) < 4.78 is 22.2. The quantitative estimate of drug-likeness (QED) is 0.377. The Morgan fingerprint density at radius 3 is 2.62 bits per heavy atom. The van der Waals surface area contributed by atoms with Crippen LogP contribution in [0.5, 0.6) is 0 Å². The molecule has 8 nitrogen and oxygen atoms in total. The number of nitrogens with zero attached hydrogens (tertiary/aromatic N) is 4. The molecule has 196 valence electrons. The van der Waals surface area contributed by atoms with Gasteiger partial charge in [0, 0.05) is 29.8 Å². The Bertz CT molecular complexity index is 1330. The number of rotatable bonds is 7. The molecule has 37 heavy (non-hydrogen) atoms. The molecule has 0 bridgehead atoms. The Labute approximate surface area is 215 Å². The Morgan fingerprint density at radius 1 is 1.19 bits per heavy atom. The SMILES string of the molecule is Cc1cc(C)n2nc(CC3C(=O)CC(CCc4ccc([C@@H](C)O)c(F)c4)(C4CCCC4)OC3=O)nc2n1. The second-order valence-electron chi connectivity index (χ2n) is 10.7. The molecule has 2 fully saturated rings. The van der Waals surface area contributed by atoms with Crippen molar-refractivity contribution in [3.63, 3.8) is 0 Å². The lowest BCUT2D eigenvalue weighted by Crippen LogP contribution is -2.52. The summed E-state index contributed by atoms with van der Waals surface area (Å²) in [6.45, 7) is 5.30. The Balaban J connectivity index is 1.35. The monoisotopic (exact) mass is 508 g/mol. The molecule has 2 aliphatic rings. The number of ether oxygens (including phenoxy) is 1. The van der Waals surface area contributed by atoms with Crippen molar-refractivity contribution in [1.82, 2.24) is 19.6 Å². The molecule has 0 radical (unpaired) electrons. The van der Waals surface area contributed by atoms with Crippen LogP contribution < -0.4 is 0 Å². The molecular formula is C28H33FN4O4. The van der Waals surface area contributed by atoms with Gasteiger partial charge in [-0.2, -0.15) is 4.98 Å². The van der Waals surface area contributed by atoms with Crippen LogP contribution in [0.25, 0.3) is 5.78 Å². The molecule has 2 aromatic heterocycles. The summed E-state index contributed by atoms with van der Waals surface area (Å²) in [7, 11) is 0. The van der Waals surface area contributed by atoms with Gasteiger partial charge in [-0.15, -0.1) is 5.10 Å². The van der Waals surface area contributed by atoms with Crippen molar-refractivity contribution in [2.24, 2.45) is 11.8 Å². The maximum absolute atomic E-state index is 14.5. The fourth-order valence-electron chi connectivity index (χ4n) is 5.98. The number of aliphatic hydroxyl groups excluding tert-OH is 1. The summed E-state index contributed by atoms with van der Waals surface area (Å²) in [6.07, 6.45) is 4.13. The summed E-state index contributed by atoms with van der Waals surface area (Å²) in [6, 6.07) is 6.69. The minimum absolute atomic E-state index is 0.0757. The zero-order valence-corrected chi connectivity index (χ0v) is 21.5. The topological polar surface area (TPSA) is 107 Å². The predicted molar refractivity (Wildman–Crippen MR) is 133 cm³/mol. The summed E-state index contributed by atoms with van der Waals surface area (Å²) in [5.74, 6) is -1.16. The first-order valence-corrected chi connectivity index (χ1v) is 13.1. The first-order chi connectivity index (χ1) is 17.6. The smallest absolute Gasteiger partial charge is 0.317 e. The van der Waals surface area contributed by atoms with Crippen molar-refractivity contribution in [2.75, 3.05) is 0 Å². The second-order valence-corrected chi connectivity index (χ2v) is 10.7. The number of aromatic nitrogens is 4. The third-order valence-electron chi connectivity index (χ3n) is 7.95. The highest BCUT2D eigenvalue weighted by atomic mass is 19.1. The average Bonchev–Trinajstić information content (AvgIpc) is 3.51. The van der Waals surface area contributed by atoms with Gasteiger partial charge >= 0.3 is 5.97 Å². The third kappa shape index (κ3) is 5.01. The van der Waals surface area contributed by atoms with Crippen molar-refractivity contribution >= 4 is 17.5 Å². The number of cyclic esters (lactones) is 1. The first-order valence-electron chi connectivity index (χ1n) is 13.1. The molecule has 1 saturated heterocycles. The van der Waals surface area contributed by atoms with Crippen molar-refractivity contribution in [2.45, 2.75) is 83.8 Å². The average molecular weight is 509 g/mol. The maximum Gasteiger partial charge on any atom is 0.317 e. The molecule has 9 heteroatoms. The van der Waals surface area contributed by atoms with Gasteiger partial charge in [-0.05, 0) is 70.1 Å². The summed E-state index contributed by atoms with van der Waals surface area (Å²) in [5, 5.41) is 14.2. The number of hydrogen-bond donors (Lipinski definition) is 1. The third-order valence-corrected chi connectivity index (χ3v) is 7.95. The molecule has 1 aromatic carbocycles. The lowest BCUT2D eigenvalue weighted by Gasteiger charge is -2.43. The van der Waals surface area contributed by atoms with Crippen LogP contribution in [0.15, 0.2) is 24.3 Å². The van der Waals surface area contributed by atoms with Gasteiger partial charge in [-0.25, -0.2) is 13.9 Å². The van der Waals surface area contributed by atoms with Gasteiger partial charge in [-0.3, -0.25) is 9.59 Å². The van der Waals surface area contributed by atoms with E-state index in [0.29, 0.717) is 24.4 Å². The number of carbonyl (C=O) groups is 2. The molecule has 3 aromatic rings. The number of fused-ring (bicyclic) bond motifs is 1. The number of aliphatic hydroxyl groups is 1. The molecule has 1 aliphatic carbocycles. The minimum atomic E-state index is -0.948. The molecular weight excluding hydrogens is 475 g/mol. The number of aryl methyl sites for hydroxylation is 3. The number of hydrogen-bond acceptors (Lipinski definition) is 7. The molecule has 0 amide bonds. The van der Waals surface area contributed by atoms with E-state index in [1.807, 2.05) is 19.9 Å². The molecule has 1 aliphatic heterocycles. The van der Waals surface area contributed by atoms with E-state index in [2.05, 4.69) is 15.1 Å². The van der Waals surface area contributed by atoms with Crippen LogP contribution in [0.4, 0.5) is 4.39 Å². The van der Waals surface area contributed by atoms with E-state index in [1.165, 1.54) is 13.0 Å². The van der Waals surface area contributed by atoms with Gasteiger partial charge in [0.15, 0.2) is 11.6 Å². The van der Waals surface area contributed by atoms with Crippen molar-refractivity contribution in [3.05, 3.63) is 58.4 Å². The molecule has 3 heterocycles. The molecule has 1 N–H and O–H groups in total. The molecule has 5 rings (SSSR count). The Hall–Kier alpha value is -3.20. The number of ketones is 1. The molecule has 1 saturated carbocycles. The standard InChI is InChI=1S/C28H33FN4O4/c1-16-12-17(2)33-27(30-16)31-25(32-33)14-22-24(35)15-28(37-26(22)36,20-6-4-5-7-20)11-10-19-8-9-21(18(3)34)23(29)13-19/h8-9,12-13,18,20,22,34H,4-7,10-11,14-15H2,1-3H3/t18-,22?,28?/m1/s1. The Kier molecular flexibility index (Phi) is 6.83. The number of carbonyl (C=O) groups excluding carboxylic acids is 2. The van der Waals surface area contributed by atoms with Gasteiger partial charge in [0.05, 0.1) is 6.10 Å². The van der Waals surface area contributed by atoms with E-state index in [9.17, 15) is 19.1 Å². The van der Waals surface area contributed by atoms with E-state index >= 15 is 0 Å². The zero-order chi connectivity index (χ0) is 26.3. The Morgan fingerprint density at radius 2 is 1.95 bits per heavy atom. The van der Waals surface area contributed by atoms with Gasteiger partial charge in [-0.1, -0.05) is 25.0 Å². The fraction of sp³-hybridized carbons (Fsp3) is 0.536. The summed E-state index contributed by atoms with van der Waals surface area (Å²) in [5.41, 5.74) is 1.80. The van der Waals surface area contributed by atoms with Crippen LogP contribution in [0.1, 0.15) is 79.9 Å². The van der Waals surface area contributed by atoms with E-state index in [-0.39, 0.29) is 30.1 Å². The van der Waals surface area contributed by atoms with E-state index < -0.39 is 29.4 Å². The highest BCUT2D eigenvalue weighted by molar-refractivity contribution is 6.01. The van der Waals surface area contributed by atoms with Gasteiger partial charge in [0.1, 0.15) is 17.3 Å². The number of Topliss-reactive ketones (excluding diaryl/α,β-unsaturated/α-hetero) is 1. The fourth-order valence-corrected chi connectivity index (χ4v) is 5.98. The zero-order valence-electron chi connectivity index (χ0n) is 21.5. The lowest BCUT2D eigenvalue weighted by atomic mass is 9.73. The highest BCUT2D eigenvalue weighted by Crippen LogP contribution is 2.45.